The predicted octanol–water partition coefficient (Wildman–Crippen LogP) is 4.00. The van der Waals surface area contributed by atoms with E-state index in [-0.39, 0.29) is 6.29 Å². The van der Waals surface area contributed by atoms with Gasteiger partial charge in [0.15, 0.2) is 6.29 Å². The smallest absolute Gasteiger partial charge is 0.185 e. The van der Waals surface area contributed by atoms with Crippen LogP contribution in [-0.2, 0) is 9.47 Å². The molecule has 3 rings (SSSR count). The van der Waals surface area contributed by atoms with Gasteiger partial charge >= 0.3 is 0 Å². The van der Waals surface area contributed by atoms with Gasteiger partial charge in [0.1, 0.15) is 0 Å². The fraction of sp³-hybridized carbons (Fsp3) is 0.200. The van der Waals surface area contributed by atoms with Gasteiger partial charge in [0.05, 0.1) is 13.2 Å². The molecule has 2 heteroatoms. The lowest BCUT2D eigenvalue weighted by molar-refractivity contribution is -0.126. The van der Waals surface area contributed by atoms with Crippen LogP contribution in [0.2, 0.25) is 0 Å². The Labute approximate surface area is 131 Å². The molecule has 0 saturated carbocycles. The lowest BCUT2D eigenvalue weighted by Crippen LogP contribution is -2.09. The van der Waals surface area contributed by atoms with E-state index in [0.29, 0.717) is 13.2 Å². The second-order valence-corrected chi connectivity index (χ2v) is 5.17. The monoisotopic (exact) mass is 290 g/mol. The van der Waals surface area contributed by atoms with Crippen molar-refractivity contribution in [1.29, 1.82) is 0 Å². The van der Waals surface area contributed by atoms with E-state index in [9.17, 15) is 0 Å². The fourth-order valence-electron chi connectivity index (χ4n) is 2.24. The zero-order valence-corrected chi connectivity index (χ0v) is 12.6. The van der Waals surface area contributed by atoms with Crippen LogP contribution in [0.25, 0.3) is 0 Å². The SMILES string of the molecule is Cc1ccc(C#Cc2ccccc2C2OCC=CCO2)cc1. The molecule has 0 spiro atoms. The van der Waals surface area contributed by atoms with Crippen molar-refractivity contribution in [2.24, 2.45) is 0 Å². The molecule has 0 bridgehead atoms. The van der Waals surface area contributed by atoms with Crippen LogP contribution in [0.3, 0.4) is 0 Å². The van der Waals surface area contributed by atoms with Crippen molar-refractivity contribution in [3.63, 3.8) is 0 Å². The van der Waals surface area contributed by atoms with Gasteiger partial charge in [-0.1, -0.05) is 59.9 Å². The van der Waals surface area contributed by atoms with Gasteiger partial charge in [0, 0.05) is 16.7 Å². The molecule has 0 aromatic heterocycles. The highest BCUT2D eigenvalue weighted by atomic mass is 16.7. The van der Waals surface area contributed by atoms with Gasteiger partial charge < -0.3 is 9.47 Å². The van der Waals surface area contributed by atoms with Crippen LogP contribution in [-0.4, -0.2) is 13.2 Å². The highest BCUT2D eigenvalue weighted by Crippen LogP contribution is 2.23. The molecule has 0 saturated heterocycles. The van der Waals surface area contributed by atoms with Crippen molar-refractivity contribution in [2.75, 3.05) is 13.2 Å². The molecule has 2 aromatic rings. The number of hydrogen-bond donors (Lipinski definition) is 0. The molecule has 1 aliphatic rings. The molecule has 2 nitrogen and oxygen atoms in total. The van der Waals surface area contributed by atoms with E-state index in [1.807, 2.05) is 48.6 Å². The lowest BCUT2D eigenvalue weighted by atomic mass is 10.1. The molecule has 2 aromatic carbocycles. The van der Waals surface area contributed by atoms with Gasteiger partial charge in [0.25, 0.3) is 0 Å². The standard InChI is InChI=1S/C20H18O2/c1-16-8-10-17(11-9-16)12-13-18-6-2-3-7-19(18)20-21-14-4-5-15-22-20/h2-11,20H,14-15H2,1H3. The Bertz CT molecular complexity index is 707. The topological polar surface area (TPSA) is 18.5 Å². The molecule has 0 aliphatic carbocycles. The molecule has 110 valence electrons. The molecule has 22 heavy (non-hydrogen) atoms. The molecule has 1 heterocycles. The van der Waals surface area contributed by atoms with Gasteiger partial charge in [-0.05, 0) is 25.1 Å². The summed E-state index contributed by atoms with van der Waals surface area (Å²) >= 11 is 0. The zero-order chi connectivity index (χ0) is 15.2. The van der Waals surface area contributed by atoms with E-state index in [1.165, 1.54) is 5.56 Å². The van der Waals surface area contributed by atoms with Gasteiger partial charge in [-0.15, -0.1) is 0 Å². The average Bonchev–Trinajstić information content (AvgIpc) is 2.84. The first kappa shape index (κ1) is 14.6. The van der Waals surface area contributed by atoms with Crippen molar-refractivity contribution in [3.05, 3.63) is 82.9 Å². The molecule has 0 N–H and O–H groups in total. The van der Waals surface area contributed by atoms with Crippen LogP contribution in [0.5, 0.6) is 0 Å². The number of hydrogen-bond acceptors (Lipinski definition) is 2. The molecule has 0 radical (unpaired) electrons. The van der Waals surface area contributed by atoms with Gasteiger partial charge in [-0.3, -0.25) is 0 Å². The number of rotatable bonds is 1. The summed E-state index contributed by atoms with van der Waals surface area (Å²) in [5, 5.41) is 0. The van der Waals surface area contributed by atoms with Crippen molar-refractivity contribution in [3.8, 4) is 11.8 Å². The Morgan fingerprint density at radius 1 is 0.864 bits per heavy atom. The van der Waals surface area contributed by atoms with Gasteiger partial charge in [-0.2, -0.15) is 0 Å². The first-order valence-corrected chi connectivity index (χ1v) is 7.39. The van der Waals surface area contributed by atoms with E-state index in [1.54, 1.807) is 0 Å². The normalized spacial score (nSPS) is 15.0. The Hall–Kier alpha value is -2.34. The minimum atomic E-state index is -0.362. The first-order chi connectivity index (χ1) is 10.8. The van der Waals surface area contributed by atoms with Crippen LogP contribution >= 0.6 is 0 Å². The first-order valence-electron chi connectivity index (χ1n) is 7.39. The summed E-state index contributed by atoms with van der Waals surface area (Å²) in [6.07, 6.45) is 3.58. The Morgan fingerprint density at radius 3 is 2.27 bits per heavy atom. The summed E-state index contributed by atoms with van der Waals surface area (Å²) in [5.74, 6) is 6.44. The lowest BCUT2D eigenvalue weighted by Gasteiger charge is -2.17. The van der Waals surface area contributed by atoms with Crippen LogP contribution in [0.4, 0.5) is 0 Å². The maximum atomic E-state index is 5.72. The van der Waals surface area contributed by atoms with Crippen molar-refractivity contribution in [2.45, 2.75) is 13.2 Å². The molecule has 0 amide bonds. The van der Waals surface area contributed by atoms with E-state index >= 15 is 0 Å². The molecule has 0 fully saturated rings. The fourth-order valence-corrected chi connectivity index (χ4v) is 2.24. The van der Waals surface area contributed by atoms with Gasteiger partial charge in [0.2, 0.25) is 0 Å². The molecular formula is C20H18O2. The largest absolute Gasteiger partial charge is 0.344 e. The van der Waals surface area contributed by atoms with Crippen molar-refractivity contribution >= 4 is 0 Å². The second-order valence-electron chi connectivity index (χ2n) is 5.17. The number of benzene rings is 2. The van der Waals surface area contributed by atoms with E-state index in [0.717, 1.165) is 16.7 Å². The van der Waals surface area contributed by atoms with Gasteiger partial charge in [-0.25, -0.2) is 0 Å². The minimum absolute atomic E-state index is 0.362. The van der Waals surface area contributed by atoms with Crippen LogP contribution in [0.1, 0.15) is 28.5 Å². The molecule has 0 unspecified atom stereocenters. The zero-order valence-electron chi connectivity index (χ0n) is 12.6. The summed E-state index contributed by atoms with van der Waals surface area (Å²) in [7, 11) is 0. The summed E-state index contributed by atoms with van der Waals surface area (Å²) in [4.78, 5) is 0. The van der Waals surface area contributed by atoms with Crippen molar-refractivity contribution < 1.29 is 9.47 Å². The third-order valence-corrected chi connectivity index (χ3v) is 3.46. The van der Waals surface area contributed by atoms with Crippen LogP contribution in [0, 0.1) is 18.8 Å². The maximum absolute atomic E-state index is 5.72. The summed E-state index contributed by atoms with van der Waals surface area (Å²) < 4.78 is 11.4. The quantitative estimate of drug-likeness (QED) is 0.584. The predicted molar refractivity (Wildman–Crippen MR) is 87.4 cm³/mol. The second kappa shape index (κ2) is 7.09. The third kappa shape index (κ3) is 3.65. The maximum Gasteiger partial charge on any atom is 0.185 e. The van der Waals surface area contributed by atoms with E-state index in [4.69, 9.17) is 9.47 Å². The number of ether oxygens (including phenoxy) is 2. The molecule has 1 aliphatic heterocycles. The third-order valence-electron chi connectivity index (χ3n) is 3.46. The average molecular weight is 290 g/mol. The highest BCUT2D eigenvalue weighted by Gasteiger charge is 2.16. The Kier molecular flexibility index (Phi) is 4.70. The Morgan fingerprint density at radius 2 is 1.55 bits per heavy atom. The molecular weight excluding hydrogens is 272 g/mol. The number of aryl methyl sites for hydroxylation is 1. The minimum Gasteiger partial charge on any atom is -0.344 e. The van der Waals surface area contributed by atoms with Crippen LogP contribution < -0.4 is 0 Å². The highest BCUT2D eigenvalue weighted by molar-refractivity contribution is 5.47. The molecule has 0 atom stereocenters. The summed E-state index contributed by atoms with van der Waals surface area (Å²) in [6.45, 7) is 3.19. The summed E-state index contributed by atoms with van der Waals surface area (Å²) in [6, 6.07) is 16.2. The van der Waals surface area contributed by atoms with E-state index < -0.39 is 0 Å². The van der Waals surface area contributed by atoms with E-state index in [2.05, 4.69) is 30.9 Å². The summed E-state index contributed by atoms with van der Waals surface area (Å²) in [5.41, 5.74) is 4.16. The van der Waals surface area contributed by atoms with Crippen LogP contribution in [0.15, 0.2) is 60.7 Å². The van der Waals surface area contributed by atoms with Crippen molar-refractivity contribution in [1.82, 2.24) is 0 Å². The Balaban J connectivity index is 1.87.